The van der Waals surface area contributed by atoms with Crippen molar-refractivity contribution in [3.8, 4) is 0 Å². The Kier molecular flexibility index (Phi) is 6.23. The number of halogens is 1. The van der Waals surface area contributed by atoms with Gasteiger partial charge in [0.2, 0.25) is 0 Å². The normalized spacial score (nSPS) is 15.5. The molecule has 1 heterocycles. The Morgan fingerprint density at radius 1 is 1.36 bits per heavy atom. The average molecular weight is 361 g/mol. The highest BCUT2D eigenvalue weighted by Gasteiger charge is 2.40. The van der Waals surface area contributed by atoms with Crippen LogP contribution in [0.3, 0.4) is 0 Å². The van der Waals surface area contributed by atoms with Crippen LogP contribution in [0.25, 0.3) is 0 Å². The lowest BCUT2D eigenvalue weighted by molar-refractivity contribution is -0.113. The van der Waals surface area contributed by atoms with E-state index in [0.29, 0.717) is 15.9 Å². The molecule has 1 aromatic heterocycles. The second kappa shape index (κ2) is 6.99. The van der Waals surface area contributed by atoms with Crippen LogP contribution in [0, 0.1) is 0 Å². The molecule has 0 aliphatic heterocycles. The number of hydrogen-bond acceptors (Lipinski definition) is 5. The van der Waals surface area contributed by atoms with Gasteiger partial charge in [-0.3, -0.25) is 0 Å². The smallest absolute Gasteiger partial charge is 0.192 e. The van der Waals surface area contributed by atoms with E-state index in [1.165, 1.54) is 11.8 Å². The van der Waals surface area contributed by atoms with E-state index in [1.54, 1.807) is 6.20 Å². The number of aromatic nitrogens is 2. The van der Waals surface area contributed by atoms with E-state index in [4.69, 9.17) is 16.0 Å². The molecular weight excluding hydrogens is 336 g/mol. The van der Waals surface area contributed by atoms with Gasteiger partial charge in [-0.1, -0.05) is 44.1 Å². The lowest BCUT2D eigenvalue weighted by atomic mass is 9.87. The van der Waals surface area contributed by atoms with Crippen LogP contribution in [-0.4, -0.2) is 37.4 Å². The number of thioether (sulfide) groups is 1. The third kappa shape index (κ3) is 4.31. The molecule has 7 heteroatoms. The van der Waals surface area contributed by atoms with Crippen LogP contribution in [0.1, 0.15) is 33.3 Å². The third-order valence-electron chi connectivity index (χ3n) is 4.32. The zero-order valence-corrected chi connectivity index (χ0v) is 16.9. The van der Waals surface area contributed by atoms with Crippen molar-refractivity contribution in [2.75, 3.05) is 12.9 Å². The molecule has 1 atom stereocenters. The molecule has 0 fully saturated rings. The molecule has 22 heavy (non-hydrogen) atoms. The van der Waals surface area contributed by atoms with Gasteiger partial charge in [-0.15, -0.1) is 0 Å². The second-order valence-electron chi connectivity index (χ2n) is 7.15. The van der Waals surface area contributed by atoms with Gasteiger partial charge in [-0.05, 0) is 31.3 Å². The SMILES string of the molecule is CSc1ncc(C(C)(C=O)CO[Si](C)(C)C(C)(C)C)c(Cl)n1. The van der Waals surface area contributed by atoms with E-state index in [2.05, 4.69) is 43.8 Å². The van der Waals surface area contributed by atoms with Gasteiger partial charge in [0.05, 0.1) is 12.0 Å². The predicted octanol–water partition coefficient (Wildman–Crippen LogP) is 4.33. The van der Waals surface area contributed by atoms with Crippen molar-refractivity contribution >= 4 is 38.0 Å². The summed E-state index contributed by atoms with van der Waals surface area (Å²) in [6.07, 6.45) is 4.39. The van der Waals surface area contributed by atoms with E-state index in [-0.39, 0.29) is 11.6 Å². The Balaban J connectivity index is 3.05. The Morgan fingerprint density at radius 3 is 2.36 bits per heavy atom. The standard InChI is InChI=1S/C15H25ClN2O2SSi/c1-14(2,3)22(6,7)20-10-15(4,9-19)11-8-17-13(21-5)18-12(11)16/h8-9H,10H2,1-7H3. The van der Waals surface area contributed by atoms with Gasteiger partial charge in [0.15, 0.2) is 13.5 Å². The summed E-state index contributed by atoms with van der Waals surface area (Å²) < 4.78 is 6.20. The summed E-state index contributed by atoms with van der Waals surface area (Å²) >= 11 is 7.66. The first-order valence-corrected chi connectivity index (χ1v) is 11.7. The molecule has 0 aliphatic carbocycles. The molecule has 0 aliphatic rings. The van der Waals surface area contributed by atoms with Crippen LogP contribution < -0.4 is 0 Å². The number of rotatable bonds is 6. The molecule has 0 radical (unpaired) electrons. The third-order valence-corrected chi connectivity index (χ3v) is 9.65. The van der Waals surface area contributed by atoms with Crippen LogP contribution in [0.15, 0.2) is 11.4 Å². The number of carbonyl (C=O) groups is 1. The minimum Gasteiger partial charge on any atom is -0.415 e. The Hall–Kier alpha value is -0.433. The van der Waals surface area contributed by atoms with E-state index in [9.17, 15) is 4.79 Å². The number of nitrogens with zero attached hydrogens (tertiary/aromatic N) is 2. The Morgan fingerprint density at radius 2 is 1.95 bits per heavy atom. The van der Waals surface area contributed by atoms with Crippen LogP contribution in [0.4, 0.5) is 0 Å². The molecule has 0 N–H and O–H groups in total. The fourth-order valence-electron chi connectivity index (χ4n) is 1.55. The van der Waals surface area contributed by atoms with Crippen molar-refractivity contribution in [2.24, 2.45) is 0 Å². The zero-order chi connectivity index (χ0) is 17.2. The van der Waals surface area contributed by atoms with Crippen LogP contribution in [-0.2, 0) is 14.6 Å². The Bertz CT molecular complexity index is 549. The molecule has 124 valence electrons. The van der Waals surface area contributed by atoms with E-state index in [0.717, 1.165) is 6.29 Å². The van der Waals surface area contributed by atoms with Gasteiger partial charge < -0.3 is 9.22 Å². The summed E-state index contributed by atoms with van der Waals surface area (Å²) in [4.78, 5) is 20.2. The van der Waals surface area contributed by atoms with Crippen molar-refractivity contribution in [2.45, 2.75) is 56.4 Å². The first kappa shape index (κ1) is 19.6. The summed E-state index contributed by atoms with van der Waals surface area (Å²) in [5.41, 5.74) is -0.232. The molecule has 0 bridgehead atoms. The number of aldehydes is 1. The van der Waals surface area contributed by atoms with E-state index < -0.39 is 13.7 Å². The molecule has 1 unspecified atom stereocenters. The predicted molar refractivity (Wildman–Crippen MR) is 95.4 cm³/mol. The zero-order valence-electron chi connectivity index (χ0n) is 14.4. The maximum atomic E-state index is 11.7. The van der Waals surface area contributed by atoms with Gasteiger partial charge in [-0.25, -0.2) is 9.97 Å². The van der Waals surface area contributed by atoms with E-state index >= 15 is 0 Å². The van der Waals surface area contributed by atoms with Crippen LogP contribution in [0.5, 0.6) is 0 Å². The number of carbonyl (C=O) groups excluding carboxylic acids is 1. The monoisotopic (exact) mass is 360 g/mol. The molecule has 0 aromatic carbocycles. The molecule has 4 nitrogen and oxygen atoms in total. The highest BCUT2D eigenvalue weighted by molar-refractivity contribution is 7.98. The van der Waals surface area contributed by atoms with Crippen LogP contribution >= 0.6 is 23.4 Å². The number of hydrogen-bond donors (Lipinski definition) is 0. The van der Waals surface area contributed by atoms with Crippen molar-refractivity contribution in [1.82, 2.24) is 9.97 Å². The fourth-order valence-corrected chi connectivity index (χ4v) is 3.38. The minimum absolute atomic E-state index is 0.0831. The van der Waals surface area contributed by atoms with Crippen molar-refractivity contribution in [3.05, 3.63) is 16.9 Å². The van der Waals surface area contributed by atoms with Gasteiger partial charge >= 0.3 is 0 Å². The molecule has 1 rings (SSSR count). The summed E-state index contributed by atoms with van der Waals surface area (Å²) in [6, 6.07) is 0. The fraction of sp³-hybridized carbons (Fsp3) is 0.667. The molecule has 0 amide bonds. The van der Waals surface area contributed by atoms with Crippen molar-refractivity contribution < 1.29 is 9.22 Å². The van der Waals surface area contributed by atoms with Gasteiger partial charge in [0.1, 0.15) is 11.4 Å². The van der Waals surface area contributed by atoms with Crippen molar-refractivity contribution in [3.63, 3.8) is 0 Å². The first-order valence-electron chi connectivity index (χ1n) is 7.14. The van der Waals surface area contributed by atoms with Crippen LogP contribution in [0.2, 0.25) is 23.3 Å². The summed E-state index contributed by atoms with van der Waals surface area (Å²) in [6.45, 7) is 12.9. The highest BCUT2D eigenvalue weighted by Crippen LogP contribution is 2.38. The topological polar surface area (TPSA) is 52.1 Å². The largest absolute Gasteiger partial charge is 0.415 e. The molecule has 0 saturated heterocycles. The molecular formula is C15H25ClN2O2SSi. The lowest BCUT2D eigenvalue weighted by Crippen LogP contribution is -2.45. The second-order valence-corrected chi connectivity index (χ2v) is 13.1. The highest BCUT2D eigenvalue weighted by atomic mass is 35.5. The quantitative estimate of drug-likeness (QED) is 0.248. The first-order chi connectivity index (χ1) is 9.97. The van der Waals surface area contributed by atoms with Gasteiger partial charge in [0, 0.05) is 11.8 Å². The molecule has 1 aromatic rings. The van der Waals surface area contributed by atoms with Gasteiger partial charge in [0.25, 0.3) is 0 Å². The maximum Gasteiger partial charge on any atom is 0.192 e. The molecule has 0 spiro atoms. The average Bonchev–Trinajstić information content (AvgIpc) is 2.43. The molecule has 0 saturated carbocycles. The summed E-state index contributed by atoms with van der Waals surface area (Å²) in [5, 5.41) is 0.986. The summed E-state index contributed by atoms with van der Waals surface area (Å²) in [7, 11) is -1.95. The van der Waals surface area contributed by atoms with Crippen molar-refractivity contribution in [1.29, 1.82) is 0 Å². The lowest BCUT2D eigenvalue weighted by Gasteiger charge is -2.38. The summed E-state index contributed by atoms with van der Waals surface area (Å²) in [5.74, 6) is 0. The minimum atomic E-state index is -1.95. The Labute approximate surface area is 143 Å². The van der Waals surface area contributed by atoms with Gasteiger partial charge in [-0.2, -0.15) is 0 Å². The van der Waals surface area contributed by atoms with E-state index in [1.807, 2.05) is 13.2 Å². The maximum absolute atomic E-state index is 11.7.